The number of halogens is 1. The van der Waals surface area contributed by atoms with E-state index in [0.717, 1.165) is 6.54 Å². The number of hydrogen-bond acceptors (Lipinski definition) is 2. The van der Waals surface area contributed by atoms with Crippen LogP contribution < -0.4 is 5.32 Å². The summed E-state index contributed by atoms with van der Waals surface area (Å²) >= 11 is 1.86. The Morgan fingerprint density at radius 3 is 2.67 bits per heavy atom. The second kappa shape index (κ2) is 5.33. The summed E-state index contributed by atoms with van der Waals surface area (Å²) in [6, 6.07) is 2.20. The molecular weight excluding hydrogens is 226 g/mol. The van der Waals surface area contributed by atoms with E-state index >= 15 is 0 Å². The predicted molar refractivity (Wildman–Crippen MR) is 70.0 cm³/mol. The molecule has 0 radical (unpaired) electrons. The van der Waals surface area contributed by atoms with Crippen molar-refractivity contribution in [1.82, 2.24) is 5.32 Å². The van der Waals surface area contributed by atoms with Gasteiger partial charge in [-0.3, -0.25) is 0 Å². The monoisotopic (exact) mass is 245 g/mol. The number of thiophene rings is 1. The molecule has 1 heterocycles. The lowest BCUT2D eigenvalue weighted by atomic mass is 9.70. The summed E-state index contributed by atoms with van der Waals surface area (Å²) in [4.78, 5) is 1.49. The van der Waals surface area contributed by atoms with Crippen LogP contribution in [0, 0.1) is 12.3 Å². The minimum atomic E-state index is 0. The van der Waals surface area contributed by atoms with Crippen LogP contribution in [0.15, 0.2) is 11.4 Å². The van der Waals surface area contributed by atoms with Gasteiger partial charge in [-0.15, -0.1) is 23.7 Å². The van der Waals surface area contributed by atoms with Gasteiger partial charge in [0.2, 0.25) is 0 Å². The van der Waals surface area contributed by atoms with Crippen molar-refractivity contribution < 1.29 is 0 Å². The van der Waals surface area contributed by atoms with Crippen molar-refractivity contribution in [2.24, 2.45) is 5.41 Å². The Kier molecular flexibility index (Phi) is 4.63. The average Bonchev–Trinajstić information content (AvgIpc) is 2.49. The van der Waals surface area contributed by atoms with Crippen LogP contribution in [0.3, 0.4) is 0 Å². The lowest BCUT2D eigenvalue weighted by Crippen LogP contribution is -2.36. The van der Waals surface area contributed by atoms with Crippen LogP contribution in [-0.2, 0) is 6.54 Å². The van der Waals surface area contributed by atoms with E-state index in [1.807, 2.05) is 11.3 Å². The molecule has 1 saturated carbocycles. The topological polar surface area (TPSA) is 12.0 Å². The van der Waals surface area contributed by atoms with Gasteiger partial charge in [0.1, 0.15) is 0 Å². The average molecular weight is 246 g/mol. The third-order valence-corrected chi connectivity index (χ3v) is 4.39. The second-order valence-electron chi connectivity index (χ2n) is 4.79. The molecule has 1 N–H and O–H groups in total. The zero-order valence-electron chi connectivity index (χ0n) is 9.51. The minimum absolute atomic E-state index is 0. The van der Waals surface area contributed by atoms with Gasteiger partial charge >= 0.3 is 0 Å². The molecular formula is C12H20ClNS. The molecule has 1 aliphatic carbocycles. The fraction of sp³-hybridized carbons (Fsp3) is 0.667. The maximum atomic E-state index is 3.58. The molecule has 0 saturated heterocycles. The van der Waals surface area contributed by atoms with E-state index < -0.39 is 0 Å². The predicted octanol–water partition coefficient (Wildman–Crippen LogP) is 3.76. The molecule has 0 bridgehead atoms. The van der Waals surface area contributed by atoms with Gasteiger partial charge in [0, 0.05) is 18.0 Å². The summed E-state index contributed by atoms with van der Waals surface area (Å²) < 4.78 is 0. The van der Waals surface area contributed by atoms with E-state index in [-0.39, 0.29) is 12.4 Å². The molecule has 3 heteroatoms. The van der Waals surface area contributed by atoms with E-state index in [9.17, 15) is 0 Å². The molecule has 1 fully saturated rings. The first-order chi connectivity index (χ1) is 6.70. The third-order valence-electron chi connectivity index (χ3n) is 3.37. The highest BCUT2D eigenvalue weighted by molar-refractivity contribution is 7.10. The molecule has 1 nitrogen and oxygen atoms in total. The first-order valence-corrected chi connectivity index (χ1v) is 6.31. The summed E-state index contributed by atoms with van der Waals surface area (Å²) in [7, 11) is 0. The van der Waals surface area contributed by atoms with Crippen LogP contribution in [0.5, 0.6) is 0 Å². The summed E-state index contributed by atoms with van der Waals surface area (Å²) in [6.07, 6.45) is 4.24. The fourth-order valence-electron chi connectivity index (χ4n) is 2.02. The van der Waals surface area contributed by atoms with E-state index in [2.05, 4.69) is 30.6 Å². The van der Waals surface area contributed by atoms with E-state index in [4.69, 9.17) is 0 Å². The van der Waals surface area contributed by atoms with Gasteiger partial charge in [0.25, 0.3) is 0 Å². The maximum absolute atomic E-state index is 3.58. The van der Waals surface area contributed by atoms with E-state index in [0.29, 0.717) is 5.41 Å². The SMILES string of the molecule is Cc1ccsc1CNCC1(C)CCC1.Cl. The zero-order chi connectivity index (χ0) is 10.0. The Labute approximate surface area is 103 Å². The molecule has 0 aromatic carbocycles. The van der Waals surface area contributed by atoms with Gasteiger partial charge in [-0.25, -0.2) is 0 Å². The van der Waals surface area contributed by atoms with Crippen LogP contribution in [0.1, 0.15) is 36.6 Å². The molecule has 0 unspecified atom stereocenters. The van der Waals surface area contributed by atoms with Gasteiger partial charge < -0.3 is 5.32 Å². The van der Waals surface area contributed by atoms with Gasteiger partial charge in [-0.05, 0) is 42.2 Å². The molecule has 1 aromatic rings. The summed E-state index contributed by atoms with van der Waals surface area (Å²) in [5.41, 5.74) is 2.03. The van der Waals surface area contributed by atoms with Gasteiger partial charge in [0.15, 0.2) is 0 Å². The summed E-state index contributed by atoms with van der Waals surface area (Å²) in [5, 5.41) is 5.76. The van der Waals surface area contributed by atoms with Crippen molar-refractivity contribution in [2.75, 3.05) is 6.54 Å². The first kappa shape index (κ1) is 13.0. The Morgan fingerprint density at radius 2 is 2.20 bits per heavy atom. The molecule has 2 rings (SSSR count). The van der Waals surface area contributed by atoms with Crippen LogP contribution in [0.25, 0.3) is 0 Å². The number of rotatable bonds is 4. The normalized spacial score (nSPS) is 18.0. The van der Waals surface area contributed by atoms with Crippen molar-refractivity contribution in [3.63, 3.8) is 0 Å². The molecule has 0 atom stereocenters. The Balaban J connectivity index is 0.00000112. The largest absolute Gasteiger partial charge is 0.311 e. The molecule has 15 heavy (non-hydrogen) atoms. The smallest absolute Gasteiger partial charge is 0.0302 e. The lowest BCUT2D eigenvalue weighted by molar-refractivity contribution is 0.156. The highest BCUT2D eigenvalue weighted by Gasteiger charge is 2.30. The third kappa shape index (κ3) is 3.20. The summed E-state index contributed by atoms with van der Waals surface area (Å²) in [5.74, 6) is 0. The van der Waals surface area contributed by atoms with Crippen LogP contribution in [0.4, 0.5) is 0 Å². The first-order valence-electron chi connectivity index (χ1n) is 5.43. The van der Waals surface area contributed by atoms with Crippen LogP contribution in [0.2, 0.25) is 0 Å². The van der Waals surface area contributed by atoms with Crippen LogP contribution in [-0.4, -0.2) is 6.54 Å². The molecule has 0 spiro atoms. The van der Waals surface area contributed by atoms with Gasteiger partial charge in [0.05, 0.1) is 0 Å². The molecule has 86 valence electrons. The highest BCUT2D eigenvalue weighted by Crippen LogP contribution is 2.39. The van der Waals surface area contributed by atoms with Crippen molar-refractivity contribution in [3.8, 4) is 0 Å². The molecule has 1 aliphatic rings. The quantitative estimate of drug-likeness (QED) is 0.852. The highest BCUT2D eigenvalue weighted by atomic mass is 35.5. The molecule has 0 amide bonds. The van der Waals surface area contributed by atoms with Crippen molar-refractivity contribution in [3.05, 3.63) is 21.9 Å². The number of nitrogens with one attached hydrogen (secondary N) is 1. The number of hydrogen-bond donors (Lipinski definition) is 1. The minimum Gasteiger partial charge on any atom is -0.311 e. The van der Waals surface area contributed by atoms with Crippen molar-refractivity contribution >= 4 is 23.7 Å². The Hall–Kier alpha value is -0.0500. The van der Waals surface area contributed by atoms with Gasteiger partial charge in [-0.1, -0.05) is 13.3 Å². The van der Waals surface area contributed by atoms with E-state index in [1.54, 1.807) is 0 Å². The standard InChI is InChI=1S/C12H19NS.ClH/c1-10-4-7-14-11(10)8-13-9-12(2)5-3-6-12;/h4,7,13H,3,5-6,8-9H2,1-2H3;1H. The maximum Gasteiger partial charge on any atom is 0.0302 e. The van der Waals surface area contributed by atoms with Crippen LogP contribution >= 0.6 is 23.7 Å². The van der Waals surface area contributed by atoms with Crippen molar-refractivity contribution in [1.29, 1.82) is 0 Å². The summed E-state index contributed by atoms with van der Waals surface area (Å²) in [6.45, 7) is 6.83. The molecule has 0 aliphatic heterocycles. The Bertz CT molecular complexity index is 304. The van der Waals surface area contributed by atoms with Crippen molar-refractivity contribution in [2.45, 2.75) is 39.7 Å². The van der Waals surface area contributed by atoms with Gasteiger partial charge in [-0.2, -0.15) is 0 Å². The number of aryl methyl sites for hydroxylation is 1. The van der Waals surface area contributed by atoms with E-state index in [1.165, 1.54) is 36.2 Å². The zero-order valence-corrected chi connectivity index (χ0v) is 11.1. The molecule has 1 aromatic heterocycles. The Morgan fingerprint density at radius 1 is 1.47 bits per heavy atom. The fourth-order valence-corrected chi connectivity index (χ4v) is 2.90. The lowest BCUT2D eigenvalue weighted by Gasteiger charge is -2.38. The second-order valence-corrected chi connectivity index (χ2v) is 5.80.